The van der Waals surface area contributed by atoms with Gasteiger partial charge < -0.3 is 5.32 Å². The number of hydrogen-bond acceptors (Lipinski definition) is 4. The maximum Gasteiger partial charge on any atom is 0.315 e. The average Bonchev–Trinajstić information content (AvgIpc) is 2.93. The van der Waals surface area contributed by atoms with Gasteiger partial charge in [0.2, 0.25) is 0 Å². The van der Waals surface area contributed by atoms with Gasteiger partial charge in [-0.3, -0.25) is 19.9 Å². The van der Waals surface area contributed by atoms with Crippen molar-refractivity contribution >= 4 is 34.4 Å². The van der Waals surface area contributed by atoms with Crippen LogP contribution in [0.5, 0.6) is 0 Å². The second-order valence-electron chi connectivity index (χ2n) is 4.41. The van der Waals surface area contributed by atoms with Gasteiger partial charge in [0.1, 0.15) is 0 Å². The van der Waals surface area contributed by atoms with Gasteiger partial charge in [0.25, 0.3) is 0 Å². The van der Waals surface area contributed by atoms with Gasteiger partial charge in [-0.2, -0.15) is 0 Å². The molecule has 0 unspecified atom stereocenters. The molecule has 2 rings (SSSR count). The molecule has 0 bridgehead atoms. The van der Waals surface area contributed by atoms with E-state index < -0.39 is 11.8 Å². The molecule has 1 aliphatic rings. The molecule has 0 radical (unpaired) electrons. The molecule has 0 aromatic heterocycles. The van der Waals surface area contributed by atoms with Crippen LogP contribution >= 0.6 is 11.8 Å². The van der Waals surface area contributed by atoms with Crippen LogP contribution in [0.4, 0.5) is 5.69 Å². The summed E-state index contributed by atoms with van der Waals surface area (Å²) in [6, 6.07) is 5.79. The highest BCUT2D eigenvalue weighted by atomic mass is 32.2. The van der Waals surface area contributed by atoms with Gasteiger partial charge in [-0.05, 0) is 24.5 Å². The largest absolute Gasteiger partial charge is 0.317 e. The van der Waals surface area contributed by atoms with Crippen LogP contribution in [0.3, 0.4) is 0 Å². The molecule has 0 saturated carbocycles. The first-order valence-corrected chi connectivity index (χ1v) is 7.48. The van der Waals surface area contributed by atoms with Crippen molar-refractivity contribution in [3.8, 4) is 0 Å². The summed E-state index contributed by atoms with van der Waals surface area (Å²) in [6.07, 6.45) is 0.793. The van der Waals surface area contributed by atoms with Gasteiger partial charge >= 0.3 is 11.8 Å². The van der Waals surface area contributed by atoms with Crippen molar-refractivity contribution in [1.82, 2.24) is 5.32 Å². The molecule has 1 aromatic carbocycles. The molecule has 6 heteroatoms. The van der Waals surface area contributed by atoms with Crippen LogP contribution < -0.4 is 10.6 Å². The van der Waals surface area contributed by atoms with Crippen molar-refractivity contribution in [3.05, 3.63) is 29.3 Å². The van der Waals surface area contributed by atoms with Crippen molar-refractivity contribution in [2.45, 2.75) is 20.3 Å². The molecule has 1 heterocycles. The highest BCUT2D eigenvalue weighted by Crippen LogP contribution is 2.20. The summed E-state index contributed by atoms with van der Waals surface area (Å²) in [5.41, 5.74) is 2.67. The molecule has 2 N–H and O–H groups in total. The number of nitrogens with one attached hydrogen (secondary N) is 2. The lowest BCUT2D eigenvalue weighted by atomic mass is 10.1. The number of rotatable bonds is 2. The Bertz CT molecular complexity index is 570. The molecule has 5 nitrogen and oxygen atoms in total. The summed E-state index contributed by atoms with van der Waals surface area (Å²) in [5.74, 6) is -0.498. The van der Waals surface area contributed by atoms with Crippen LogP contribution in [0.1, 0.15) is 18.1 Å². The minimum absolute atomic E-state index is 0.519. The number of para-hydroxylation sites is 1. The third-order valence-corrected chi connectivity index (χ3v) is 3.88. The minimum atomic E-state index is -0.677. The number of carbonyl (C=O) groups is 2. The zero-order chi connectivity index (χ0) is 14.5. The Labute approximate surface area is 122 Å². The molecule has 0 spiro atoms. The Morgan fingerprint density at radius 1 is 1.30 bits per heavy atom. The number of nitrogens with zero attached hydrogens (tertiary/aromatic N) is 1. The van der Waals surface area contributed by atoms with E-state index in [1.807, 2.05) is 32.0 Å². The van der Waals surface area contributed by atoms with Crippen LogP contribution in [0.2, 0.25) is 0 Å². The summed E-state index contributed by atoms with van der Waals surface area (Å²) in [6.45, 7) is 4.59. The van der Waals surface area contributed by atoms with E-state index in [0.29, 0.717) is 11.7 Å². The van der Waals surface area contributed by atoms with Crippen LogP contribution in [0, 0.1) is 6.92 Å². The zero-order valence-electron chi connectivity index (χ0n) is 11.5. The van der Waals surface area contributed by atoms with E-state index >= 15 is 0 Å². The molecule has 1 aliphatic heterocycles. The zero-order valence-corrected chi connectivity index (χ0v) is 12.3. The summed E-state index contributed by atoms with van der Waals surface area (Å²) in [7, 11) is 0. The maximum absolute atomic E-state index is 11.9. The Balaban J connectivity index is 2.05. The third-order valence-electron chi connectivity index (χ3n) is 2.99. The SMILES string of the molecule is CCc1cccc(C)c1NC(=O)C(=O)NC1=NCCS1. The summed E-state index contributed by atoms with van der Waals surface area (Å²) in [4.78, 5) is 27.8. The highest BCUT2D eigenvalue weighted by Gasteiger charge is 2.19. The fourth-order valence-corrected chi connectivity index (χ4v) is 2.66. The number of aryl methyl sites for hydroxylation is 2. The Hall–Kier alpha value is -1.82. The number of benzene rings is 1. The Morgan fingerprint density at radius 2 is 2.05 bits per heavy atom. The van der Waals surface area contributed by atoms with Gasteiger partial charge in [-0.25, -0.2) is 0 Å². The first-order chi connectivity index (χ1) is 9.61. The molecule has 0 fully saturated rings. The lowest BCUT2D eigenvalue weighted by Gasteiger charge is -2.12. The van der Waals surface area contributed by atoms with Gasteiger partial charge in [-0.1, -0.05) is 36.9 Å². The minimum Gasteiger partial charge on any atom is -0.317 e. The Morgan fingerprint density at radius 3 is 2.70 bits per heavy atom. The maximum atomic E-state index is 11.9. The lowest BCUT2D eigenvalue weighted by Crippen LogP contribution is -2.37. The van der Waals surface area contributed by atoms with Crippen molar-refractivity contribution < 1.29 is 9.59 Å². The highest BCUT2D eigenvalue weighted by molar-refractivity contribution is 8.14. The number of carbonyl (C=O) groups excluding carboxylic acids is 2. The quantitative estimate of drug-likeness (QED) is 0.815. The van der Waals surface area contributed by atoms with E-state index in [2.05, 4.69) is 15.6 Å². The Kier molecular flexibility index (Phi) is 4.79. The third kappa shape index (κ3) is 3.39. The monoisotopic (exact) mass is 291 g/mol. The summed E-state index contributed by atoms with van der Waals surface area (Å²) >= 11 is 1.44. The number of thioether (sulfide) groups is 1. The van der Waals surface area contributed by atoms with Gasteiger partial charge in [-0.15, -0.1) is 0 Å². The molecule has 2 amide bonds. The molecule has 0 saturated heterocycles. The lowest BCUT2D eigenvalue weighted by molar-refractivity contribution is -0.135. The van der Waals surface area contributed by atoms with Crippen LogP contribution in [-0.2, 0) is 16.0 Å². The van der Waals surface area contributed by atoms with Crippen LogP contribution in [-0.4, -0.2) is 29.3 Å². The fourth-order valence-electron chi connectivity index (χ4n) is 1.94. The van der Waals surface area contributed by atoms with Crippen molar-refractivity contribution in [2.24, 2.45) is 4.99 Å². The van der Waals surface area contributed by atoms with E-state index in [4.69, 9.17) is 0 Å². The molecule has 0 atom stereocenters. The molecule has 1 aromatic rings. The van der Waals surface area contributed by atoms with E-state index in [0.717, 1.165) is 29.0 Å². The molecule has 106 valence electrons. The first-order valence-electron chi connectivity index (χ1n) is 6.50. The van der Waals surface area contributed by atoms with Crippen LogP contribution in [0.25, 0.3) is 0 Å². The first kappa shape index (κ1) is 14.6. The van der Waals surface area contributed by atoms with Crippen LogP contribution in [0.15, 0.2) is 23.2 Å². The van der Waals surface area contributed by atoms with Crippen molar-refractivity contribution in [2.75, 3.05) is 17.6 Å². The predicted molar refractivity (Wildman–Crippen MR) is 82.1 cm³/mol. The second-order valence-corrected chi connectivity index (χ2v) is 5.49. The van der Waals surface area contributed by atoms with E-state index in [1.54, 1.807) is 0 Å². The smallest absolute Gasteiger partial charge is 0.315 e. The van der Waals surface area contributed by atoms with Gasteiger partial charge in [0.05, 0.1) is 6.54 Å². The van der Waals surface area contributed by atoms with E-state index in [1.165, 1.54) is 11.8 Å². The van der Waals surface area contributed by atoms with E-state index in [9.17, 15) is 9.59 Å². The summed E-state index contributed by atoms with van der Waals surface area (Å²) < 4.78 is 0. The number of anilines is 1. The van der Waals surface area contributed by atoms with Crippen molar-refractivity contribution in [1.29, 1.82) is 0 Å². The molecular weight excluding hydrogens is 274 g/mol. The standard InChI is InChI=1S/C14H17N3O2S/c1-3-10-6-4-5-9(2)11(10)16-12(18)13(19)17-14-15-7-8-20-14/h4-6H,3,7-8H2,1-2H3,(H,16,18)(H,15,17,19). The predicted octanol–water partition coefficient (Wildman–Crippen LogP) is 1.71. The number of amidine groups is 1. The van der Waals surface area contributed by atoms with Gasteiger partial charge in [0.15, 0.2) is 5.17 Å². The fraction of sp³-hybridized carbons (Fsp3) is 0.357. The topological polar surface area (TPSA) is 70.6 Å². The summed E-state index contributed by atoms with van der Waals surface area (Å²) in [5, 5.41) is 5.73. The van der Waals surface area contributed by atoms with Crippen molar-refractivity contribution in [3.63, 3.8) is 0 Å². The molecule has 0 aliphatic carbocycles. The van der Waals surface area contributed by atoms with E-state index in [-0.39, 0.29) is 0 Å². The number of hydrogen-bond donors (Lipinski definition) is 2. The molecular formula is C14H17N3O2S. The average molecular weight is 291 g/mol. The molecule has 20 heavy (non-hydrogen) atoms. The number of amides is 2. The van der Waals surface area contributed by atoms with Gasteiger partial charge in [0, 0.05) is 11.4 Å². The second kappa shape index (κ2) is 6.56. The normalized spacial score (nSPS) is 13.8. The number of aliphatic imine (C=N–C) groups is 1.